The second-order valence-corrected chi connectivity index (χ2v) is 7.38. The molecule has 0 aliphatic rings. The fourth-order valence-corrected chi connectivity index (χ4v) is 3.54. The Hall–Kier alpha value is -1.36. The molecule has 0 saturated heterocycles. The van der Waals surface area contributed by atoms with Crippen molar-refractivity contribution in [3.05, 3.63) is 29.8 Å². The quantitative estimate of drug-likeness (QED) is 0.665. The summed E-state index contributed by atoms with van der Waals surface area (Å²) < 4.78 is 24.2. The molecule has 0 spiro atoms. The van der Waals surface area contributed by atoms with E-state index in [1.54, 1.807) is 0 Å². The van der Waals surface area contributed by atoms with Crippen LogP contribution in [0.4, 0.5) is 0 Å². The van der Waals surface area contributed by atoms with Gasteiger partial charge >= 0.3 is 5.97 Å². The molecule has 0 aliphatic carbocycles. The van der Waals surface area contributed by atoms with E-state index in [0.29, 0.717) is 6.42 Å². The van der Waals surface area contributed by atoms with Crippen molar-refractivity contribution in [1.82, 2.24) is 0 Å². The number of aromatic carboxylic acids is 1. The van der Waals surface area contributed by atoms with Crippen LogP contribution < -0.4 is 0 Å². The molecule has 0 bridgehead atoms. The molecule has 0 heterocycles. The van der Waals surface area contributed by atoms with Crippen LogP contribution in [0.15, 0.2) is 29.2 Å². The van der Waals surface area contributed by atoms with Gasteiger partial charge in [-0.15, -0.1) is 0 Å². The predicted octanol–water partition coefficient (Wildman–Crippen LogP) is 3.91. The fourth-order valence-electron chi connectivity index (χ4n) is 2.17. The SMILES string of the molecule is CCCCCCCCCS(=O)(=O)c1ccc(C(=O)O)cc1. The minimum absolute atomic E-state index is 0.102. The first kappa shape index (κ1) is 17.7. The minimum Gasteiger partial charge on any atom is -0.478 e. The first-order valence-corrected chi connectivity index (χ1v) is 9.18. The van der Waals surface area contributed by atoms with Gasteiger partial charge in [0.15, 0.2) is 9.84 Å². The van der Waals surface area contributed by atoms with Crippen molar-refractivity contribution in [3.8, 4) is 0 Å². The van der Waals surface area contributed by atoms with E-state index in [0.717, 1.165) is 12.8 Å². The molecule has 0 saturated carbocycles. The molecular weight excluding hydrogens is 288 g/mol. The normalized spacial score (nSPS) is 11.5. The van der Waals surface area contributed by atoms with Crippen molar-refractivity contribution in [3.63, 3.8) is 0 Å². The van der Waals surface area contributed by atoms with E-state index in [4.69, 9.17) is 5.11 Å². The number of hydrogen-bond acceptors (Lipinski definition) is 3. The lowest BCUT2D eigenvalue weighted by atomic mass is 10.1. The molecule has 0 fully saturated rings. The van der Waals surface area contributed by atoms with Crippen molar-refractivity contribution in [2.45, 2.75) is 56.8 Å². The summed E-state index contributed by atoms with van der Waals surface area (Å²) in [5.41, 5.74) is 0.102. The minimum atomic E-state index is -3.29. The van der Waals surface area contributed by atoms with Crippen molar-refractivity contribution in [1.29, 1.82) is 0 Å². The molecule has 0 amide bonds. The van der Waals surface area contributed by atoms with Crippen molar-refractivity contribution < 1.29 is 18.3 Å². The van der Waals surface area contributed by atoms with Crippen LogP contribution in [0.3, 0.4) is 0 Å². The number of rotatable bonds is 10. The monoisotopic (exact) mass is 312 g/mol. The molecule has 0 radical (unpaired) electrons. The Morgan fingerprint density at radius 2 is 1.48 bits per heavy atom. The van der Waals surface area contributed by atoms with E-state index < -0.39 is 15.8 Å². The second-order valence-electron chi connectivity index (χ2n) is 5.27. The lowest BCUT2D eigenvalue weighted by Gasteiger charge is -2.05. The van der Waals surface area contributed by atoms with Crippen LogP contribution in [-0.2, 0) is 9.84 Å². The summed E-state index contributed by atoms with van der Waals surface area (Å²) in [6.45, 7) is 2.17. The largest absolute Gasteiger partial charge is 0.478 e. The van der Waals surface area contributed by atoms with Gasteiger partial charge < -0.3 is 5.11 Å². The zero-order valence-electron chi connectivity index (χ0n) is 12.5. The number of sulfone groups is 1. The van der Waals surface area contributed by atoms with E-state index in [1.165, 1.54) is 49.9 Å². The van der Waals surface area contributed by atoms with Crippen LogP contribution in [0.2, 0.25) is 0 Å². The number of carboxylic acids is 1. The van der Waals surface area contributed by atoms with Crippen LogP contribution in [0.1, 0.15) is 62.2 Å². The molecule has 0 aromatic heterocycles. The van der Waals surface area contributed by atoms with Gasteiger partial charge in [0.2, 0.25) is 0 Å². The number of carboxylic acid groups (broad SMARTS) is 1. The highest BCUT2D eigenvalue weighted by molar-refractivity contribution is 7.91. The highest BCUT2D eigenvalue weighted by Crippen LogP contribution is 2.15. The molecule has 1 aromatic rings. The molecule has 21 heavy (non-hydrogen) atoms. The molecule has 4 nitrogen and oxygen atoms in total. The van der Waals surface area contributed by atoms with Crippen LogP contribution in [0, 0.1) is 0 Å². The Bertz CT molecular complexity index is 532. The number of unbranched alkanes of at least 4 members (excludes halogenated alkanes) is 6. The maximum Gasteiger partial charge on any atom is 0.335 e. The molecule has 5 heteroatoms. The van der Waals surface area contributed by atoms with E-state index in [-0.39, 0.29) is 16.2 Å². The molecule has 1 rings (SSSR count). The smallest absolute Gasteiger partial charge is 0.335 e. The van der Waals surface area contributed by atoms with Crippen LogP contribution in [0.5, 0.6) is 0 Å². The first-order chi connectivity index (χ1) is 9.97. The highest BCUT2D eigenvalue weighted by Gasteiger charge is 2.14. The average molecular weight is 312 g/mol. The summed E-state index contributed by atoms with van der Waals surface area (Å²) in [5, 5.41) is 8.79. The van der Waals surface area contributed by atoms with Gasteiger partial charge in [-0.05, 0) is 30.7 Å². The zero-order valence-corrected chi connectivity index (χ0v) is 13.4. The third-order valence-corrected chi connectivity index (χ3v) is 5.29. The van der Waals surface area contributed by atoms with E-state index in [9.17, 15) is 13.2 Å². The molecule has 0 unspecified atom stereocenters. The van der Waals surface area contributed by atoms with E-state index in [2.05, 4.69) is 6.92 Å². The van der Waals surface area contributed by atoms with Crippen molar-refractivity contribution in [2.75, 3.05) is 5.75 Å². The maximum absolute atomic E-state index is 12.1. The Balaban J connectivity index is 2.41. The van der Waals surface area contributed by atoms with Gasteiger partial charge in [-0.3, -0.25) is 0 Å². The second kappa shape index (κ2) is 8.82. The number of benzene rings is 1. The summed E-state index contributed by atoms with van der Waals surface area (Å²) in [6.07, 6.45) is 7.51. The highest BCUT2D eigenvalue weighted by atomic mass is 32.2. The molecule has 0 aliphatic heterocycles. The molecule has 118 valence electrons. The Labute approximate surface area is 127 Å². The average Bonchev–Trinajstić information content (AvgIpc) is 2.46. The summed E-state index contributed by atoms with van der Waals surface area (Å²) in [5.74, 6) is -0.918. The Morgan fingerprint density at radius 1 is 0.952 bits per heavy atom. The topological polar surface area (TPSA) is 71.4 Å². The number of hydrogen-bond donors (Lipinski definition) is 1. The molecule has 0 atom stereocenters. The number of carbonyl (C=O) groups is 1. The van der Waals surface area contributed by atoms with Gasteiger partial charge in [0.1, 0.15) is 0 Å². The third kappa shape index (κ3) is 6.29. The lowest BCUT2D eigenvalue weighted by Crippen LogP contribution is -2.07. The van der Waals surface area contributed by atoms with Gasteiger partial charge in [0, 0.05) is 0 Å². The Morgan fingerprint density at radius 3 is 2.00 bits per heavy atom. The van der Waals surface area contributed by atoms with Crippen LogP contribution >= 0.6 is 0 Å². The van der Waals surface area contributed by atoms with Crippen molar-refractivity contribution >= 4 is 15.8 Å². The fraction of sp³-hybridized carbons (Fsp3) is 0.562. The molecular formula is C16H24O4S. The standard InChI is InChI=1S/C16H24O4S/c1-2-3-4-5-6-7-8-13-21(19,20)15-11-9-14(10-12-15)16(17)18/h9-12H,2-8,13H2,1H3,(H,17,18). The first-order valence-electron chi connectivity index (χ1n) is 7.53. The summed E-state index contributed by atoms with van der Waals surface area (Å²) >= 11 is 0. The molecule has 1 aromatic carbocycles. The summed E-state index contributed by atoms with van der Waals surface area (Å²) in [4.78, 5) is 10.9. The van der Waals surface area contributed by atoms with Crippen LogP contribution in [0.25, 0.3) is 0 Å². The van der Waals surface area contributed by atoms with E-state index >= 15 is 0 Å². The predicted molar refractivity (Wildman–Crippen MR) is 83.4 cm³/mol. The van der Waals surface area contributed by atoms with Gasteiger partial charge in [-0.2, -0.15) is 0 Å². The van der Waals surface area contributed by atoms with Gasteiger partial charge in [0.05, 0.1) is 16.2 Å². The molecule has 1 N–H and O–H groups in total. The Kier molecular flexibility index (Phi) is 7.43. The van der Waals surface area contributed by atoms with Gasteiger partial charge in [-0.25, -0.2) is 13.2 Å². The third-order valence-electron chi connectivity index (χ3n) is 3.48. The lowest BCUT2D eigenvalue weighted by molar-refractivity contribution is 0.0696. The zero-order chi connectivity index (χ0) is 15.7. The maximum atomic E-state index is 12.1. The van der Waals surface area contributed by atoms with Gasteiger partial charge in [0.25, 0.3) is 0 Å². The van der Waals surface area contributed by atoms with E-state index in [1.807, 2.05) is 0 Å². The summed E-state index contributed by atoms with van der Waals surface area (Å²) in [6, 6.07) is 5.42. The van der Waals surface area contributed by atoms with Crippen molar-refractivity contribution in [2.24, 2.45) is 0 Å². The van der Waals surface area contributed by atoms with Gasteiger partial charge in [-0.1, -0.05) is 45.4 Å². The summed E-state index contributed by atoms with van der Waals surface area (Å²) in [7, 11) is -3.29. The van der Waals surface area contributed by atoms with Crippen LogP contribution in [-0.4, -0.2) is 25.2 Å².